The van der Waals surface area contributed by atoms with Crippen LogP contribution in [0.25, 0.3) is 0 Å². The summed E-state index contributed by atoms with van der Waals surface area (Å²) in [5.74, 6) is 0.639. The van der Waals surface area contributed by atoms with Crippen LogP contribution in [0.15, 0.2) is 0 Å². The van der Waals surface area contributed by atoms with E-state index in [4.69, 9.17) is 9.84 Å². The maximum Gasteiger partial charge on any atom is 0.318 e. The van der Waals surface area contributed by atoms with E-state index in [1.807, 2.05) is 13.8 Å². The molecule has 110 valence electrons. The Labute approximate surface area is 117 Å². The molecule has 0 aromatic carbocycles. The minimum Gasteiger partial charge on any atom is -0.481 e. The summed E-state index contributed by atoms with van der Waals surface area (Å²) < 4.78 is 5.05. The van der Waals surface area contributed by atoms with Gasteiger partial charge in [0.25, 0.3) is 0 Å². The minimum atomic E-state index is -0.874. The lowest BCUT2D eigenvalue weighted by Gasteiger charge is -2.37. The van der Waals surface area contributed by atoms with Gasteiger partial charge in [0.2, 0.25) is 0 Å². The number of carbonyl (C=O) groups excluding carboxylic acids is 1. The number of rotatable bonds is 5. The first kappa shape index (κ1) is 16.1. The Kier molecular flexibility index (Phi) is 5.93. The van der Waals surface area contributed by atoms with Crippen LogP contribution in [0.1, 0.15) is 20.3 Å². The molecule has 0 bridgehead atoms. The van der Waals surface area contributed by atoms with Crippen LogP contribution in [0.3, 0.4) is 0 Å². The smallest absolute Gasteiger partial charge is 0.318 e. The van der Waals surface area contributed by atoms with Gasteiger partial charge in [-0.05, 0) is 13.8 Å². The fraction of sp³-hybridized carbons (Fsp3) is 0.833. The molecule has 1 rings (SSSR count). The van der Waals surface area contributed by atoms with Crippen LogP contribution in [-0.2, 0) is 9.53 Å². The van der Waals surface area contributed by atoms with E-state index in [-0.39, 0.29) is 18.5 Å². The normalized spacial score (nSPS) is 20.2. The third-order valence-electron chi connectivity index (χ3n) is 2.85. The Morgan fingerprint density at radius 1 is 1.53 bits per heavy atom. The van der Waals surface area contributed by atoms with Gasteiger partial charge in [-0.15, -0.1) is 0 Å². The second-order valence-corrected chi connectivity index (χ2v) is 6.42. The van der Waals surface area contributed by atoms with Crippen LogP contribution in [0.2, 0.25) is 0 Å². The summed E-state index contributed by atoms with van der Waals surface area (Å²) >= 11 is 1.68. The van der Waals surface area contributed by atoms with E-state index in [1.165, 1.54) is 0 Å². The van der Waals surface area contributed by atoms with Gasteiger partial charge >= 0.3 is 12.0 Å². The van der Waals surface area contributed by atoms with Gasteiger partial charge in [-0.25, -0.2) is 4.79 Å². The predicted molar refractivity (Wildman–Crippen MR) is 74.6 cm³/mol. The summed E-state index contributed by atoms with van der Waals surface area (Å²) in [6, 6.07) is -0.455. The van der Waals surface area contributed by atoms with Crippen molar-refractivity contribution < 1.29 is 19.4 Å². The standard InChI is InChI=1S/C12H22N2O4S/c1-12(2,8-18-3)13-11(17)14-4-5-19-7-9(14)6-10(15)16/h9H,4-8H2,1-3H3,(H,13,17)(H,15,16). The predicted octanol–water partition coefficient (Wildman–Crippen LogP) is 1.01. The number of urea groups is 1. The van der Waals surface area contributed by atoms with Crippen LogP contribution >= 0.6 is 11.8 Å². The van der Waals surface area contributed by atoms with Gasteiger partial charge in [0.15, 0.2) is 0 Å². The Balaban J connectivity index is 2.64. The minimum absolute atomic E-state index is 0.00880. The number of aliphatic carboxylic acids is 1. The van der Waals surface area contributed by atoms with Gasteiger partial charge < -0.3 is 20.1 Å². The number of carboxylic acid groups (broad SMARTS) is 1. The van der Waals surface area contributed by atoms with E-state index in [0.717, 1.165) is 5.75 Å². The Morgan fingerprint density at radius 2 is 2.21 bits per heavy atom. The molecule has 1 unspecified atom stereocenters. The number of hydrogen-bond donors (Lipinski definition) is 2. The molecule has 1 aliphatic heterocycles. The largest absolute Gasteiger partial charge is 0.481 e. The zero-order valence-electron chi connectivity index (χ0n) is 11.6. The van der Waals surface area contributed by atoms with Crippen LogP contribution in [0.5, 0.6) is 0 Å². The second-order valence-electron chi connectivity index (χ2n) is 5.27. The highest BCUT2D eigenvalue weighted by Crippen LogP contribution is 2.19. The Bertz CT molecular complexity index is 336. The number of methoxy groups -OCH3 is 1. The molecule has 2 amide bonds. The quantitative estimate of drug-likeness (QED) is 0.790. The van der Waals surface area contributed by atoms with E-state index in [2.05, 4.69) is 5.32 Å². The average Bonchev–Trinajstić information content (AvgIpc) is 2.27. The summed E-state index contributed by atoms with van der Waals surface area (Å²) in [6.07, 6.45) is -0.00880. The van der Waals surface area contributed by atoms with Gasteiger partial charge in [-0.3, -0.25) is 4.79 Å². The molecule has 19 heavy (non-hydrogen) atoms. The van der Waals surface area contributed by atoms with Crippen molar-refractivity contribution in [2.45, 2.75) is 31.8 Å². The molecule has 1 aliphatic rings. The number of carbonyl (C=O) groups is 2. The van der Waals surface area contributed by atoms with E-state index in [9.17, 15) is 9.59 Å². The van der Waals surface area contributed by atoms with Crippen molar-refractivity contribution >= 4 is 23.8 Å². The van der Waals surface area contributed by atoms with Crippen LogP contribution in [-0.4, -0.2) is 65.4 Å². The third kappa shape index (κ3) is 5.28. The molecule has 0 aliphatic carbocycles. The number of hydrogen-bond acceptors (Lipinski definition) is 4. The van der Waals surface area contributed by atoms with Gasteiger partial charge in [0, 0.05) is 25.2 Å². The number of nitrogens with zero attached hydrogens (tertiary/aromatic N) is 1. The SMILES string of the molecule is COCC(C)(C)NC(=O)N1CCSCC1CC(=O)O. The number of thioether (sulfide) groups is 1. The van der Waals surface area contributed by atoms with E-state index in [0.29, 0.717) is 18.9 Å². The van der Waals surface area contributed by atoms with Crippen molar-refractivity contribution in [1.82, 2.24) is 10.2 Å². The monoisotopic (exact) mass is 290 g/mol. The van der Waals surface area contributed by atoms with Crippen molar-refractivity contribution in [3.8, 4) is 0 Å². The zero-order chi connectivity index (χ0) is 14.5. The molecule has 7 heteroatoms. The molecule has 1 saturated heterocycles. The molecule has 1 atom stereocenters. The lowest BCUT2D eigenvalue weighted by atomic mass is 10.1. The molecule has 1 heterocycles. The maximum atomic E-state index is 12.2. The van der Waals surface area contributed by atoms with Crippen LogP contribution < -0.4 is 5.32 Å². The van der Waals surface area contributed by atoms with Crippen LogP contribution in [0, 0.1) is 0 Å². The van der Waals surface area contributed by atoms with Crippen molar-refractivity contribution in [3.05, 3.63) is 0 Å². The first-order chi connectivity index (χ1) is 8.85. The van der Waals surface area contributed by atoms with Crippen LogP contribution in [0.4, 0.5) is 4.79 Å². The molecule has 0 aromatic heterocycles. The van der Waals surface area contributed by atoms with Crippen molar-refractivity contribution in [1.29, 1.82) is 0 Å². The van der Waals surface area contributed by atoms with Gasteiger partial charge in [0.05, 0.1) is 24.6 Å². The summed E-state index contributed by atoms with van der Waals surface area (Å²) in [6.45, 7) is 4.74. The molecule has 0 aromatic rings. The van der Waals surface area contributed by atoms with Gasteiger partial charge in [-0.2, -0.15) is 11.8 Å². The number of ether oxygens (including phenoxy) is 1. The van der Waals surface area contributed by atoms with Gasteiger partial charge in [-0.1, -0.05) is 0 Å². The summed E-state index contributed by atoms with van der Waals surface area (Å²) in [5, 5.41) is 11.8. The summed E-state index contributed by atoms with van der Waals surface area (Å²) in [4.78, 5) is 24.7. The van der Waals surface area contributed by atoms with E-state index >= 15 is 0 Å². The summed E-state index contributed by atoms with van der Waals surface area (Å²) in [5.41, 5.74) is -0.468. The zero-order valence-corrected chi connectivity index (χ0v) is 12.5. The molecule has 6 nitrogen and oxygen atoms in total. The highest BCUT2D eigenvalue weighted by molar-refractivity contribution is 7.99. The van der Waals surface area contributed by atoms with Crippen molar-refractivity contribution in [3.63, 3.8) is 0 Å². The van der Waals surface area contributed by atoms with Gasteiger partial charge in [0.1, 0.15) is 0 Å². The highest BCUT2D eigenvalue weighted by atomic mass is 32.2. The molecule has 0 saturated carbocycles. The number of nitrogens with one attached hydrogen (secondary N) is 1. The third-order valence-corrected chi connectivity index (χ3v) is 3.94. The fourth-order valence-electron chi connectivity index (χ4n) is 2.05. The molecule has 2 N–H and O–H groups in total. The first-order valence-corrected chi connectivity index (χ1v) is 7.38. The van der Waals surface area contributed by atoms with Crippen molar-refractivity contribution in [2.24, 2.45) is 0 Å². The topological polar surface area (TPSA) is 78.9 Å². The first-order valence-electron chi connectivity index (χ1n) is 6.23. The van der Waals surface area contributed by atoms with E-state index < -0.39 is 11.5 Å². The summed E-state index contributed by atoms with van der Waals surface area (Å²) in [7, 11) is 1.58. The Hall–Kier alpha value is -0.950. The number of amides is 2. The highest BCUT2D eigenvalue weighted by Gasteiger charge is 2.31. The second kappa shape index (κ2) is 7.00. The molecule has 1 fully saturated rings. The molecule has 0 radical (unpaired) electrons. The maximum absolute atomic E-state index is 12.2. The van der Waals surface area contributed by atoms with Crippen molar-refractivity contribution in [2.75, 3.05) is 31.8 Å². The molecule has 0 spiro atoms. The van der Waals surface area contributed by atoms with E-state index in [1.54, 1.807) is 23.8 Å². The molecular weight excluding hydrogens is 268 g/mol. The lowest BCUT2D eigenvalue weighted by molar-refractivity contribution is -0.138. The molecular formula is C12H22N2O4S. The number of carboxylic acids is 1. The lowest BCUT2D eigenvalue weighted by Crippen LogP contribution is -2.57. The fourth-order valence-corrected chi connectivity index (χ4v) is 3.11. The Morgan fingerprint density at radius 3 is 2.79 bits per heavy atom. The average molecular weight is 290 g/mol.